The molecule has 0 spiro atoms. The average molecular weight is 273 g/mol. The zero-order valence-electron chi connectivity index (χ0n) is 10.7. The summed E-state index contributed by atoms with van der Waals surface area (Å²) >= 11 is 1.29. The van der Waals surface area contributed by atoms with E-state index >= 15 is 0 Å². The van der Waals surface area contributed by atoms with E-state index in [-0.39, 0.29) is 11.7 Å². The summed E-state index contributed by atoms with van der Waals surface area (Å²) in [7, 11) is 1.64. The first kappa shape index (κ1) is 16.7. The third kappa shape index (κ3) is 7.14. The van der Waals surface area contributed by atoms with Gasteiger partial charge in [0.15, 0.2) is 0 Å². The maximum absolute atomic E-state index is 11.6. The minimum atomic E-state index is -0.702. The summed E-state index contributed by atoms with van der Waals surface area (Å²) in [6, 6.07) is 1.27. The standard InChI is InChI=1S/C11H19N3O3S/c1-3-17-11(16)9(13)7-18-8-10(15)14(2)6-4-5-12/h9H,3-4,6-8,13H2,1-2H3. The number of thioether (sulfide) groups is 1. The molecule has 2 N–H and O–H groups in total. The normalized spacial score (nSPS) is 11.4. The maximum Gasteiger partial charge on any atom is 0.323 e. The Hall–Kier alpha value is -1.26. The Morgan fingerprint density at radius 3 is 2.78 bits per heavy atom. The van der Waals surface area contributed by atoms with Crippen LogP contribution in [0.5, 0.6) is 0 Å². The van der Waals surface area contributed by atoms with Gasteiger partial charge in [0.2, 0.25) is 5.91 Å². The number of hydrogen-bond donors (Lipinski definition) is 1. The number of amides is 1. The van der Waals surface area contributed by atoms with Crippen LogP contribution in [0.1, 0.15) is 13.3 Å². The van der Waals surface area contributed by atoms with Gasteiger partial charge in [-0.3, -0.25) is 9.59 Å². The Kier molecular flexibility index (Phi) is 9.06. The molecule has 0 aliphatic carbocycles. The molecule has 0 aromatic rings. The van der Waals surface area contributed by atoms with Crippen molar-refractivity contribution >= 4 is 23.6 Å². The Morgan fingerprint density at radius 1 is 1.56 bits per heavy atom. The minimum absolute atomic E-state index is 0.0775. The van der Waals surface area contributed by atoms with Gasteiger partial charge in [0.05, 0.1) is 24.8 Å². The zero-order valence-corrected chi connectivity index (χ0v) is 11.5. The van der Waals surface area contributed by atoms with Crippen LogP contribution in [-0.2, 0) is 14.3 Å². The number of nitriles is 1. The number of ether oxygens (including phenoxy) is 1. The fourth-order valence-electron chi connectivity index (χ4n) is 1.04. The molecule has 0 saturated heterocycles. The summed E-state index contributed by atoms with van der Waals surface area (Å²) in [5.74, 6) is 0.0627. The molecule has 0 fully saturated rings. The molecule has 0 heterocycles. The van der Waals surface area contributed by atoms with Gasteiger partial charge in [0, 0.05) is 19.3 Å². The largest absolute Gasteiger partial charge is 0.465 e. The second-order valence-electron chi connectivity index (χ2n) is 3.60. The second kappa shape index (κ2) is 9.74. The lowest BCUT2D eigenvalue weighted by atomic mass is 10.4. The molecule has 6 nitrogen and oxygen atoms in total. The van der Waals surface area contributed by atoms with Crippen LogP contribution < -0.4 is 5.73 Å². The summed E-state index contributed by atoms with van der Waals surface area (Å²) in [4.78, 5) is 24.3. The molecular weight excluding hydrogens is 254 g/mol. The Labute approximate surface area is 111 Å². The van der Waals surface area contributed by atoms with E-state index in [1.807, 2.05) is 6.07 Å². The smallest absolute Gasteiger partial charge is 0.323 e. The first-order chi connectivity index (χ1) is 8.52. The number of nitrogens with two attached hydrogens (primary N) is 1. The van der Waals surface area contributed by atoms with Crippen LogP contribution in [0.25, 0.3) is 0 Å². The number of esters is 1. The summed E-state index contributed by atoms with van der Waals surface area (Å²) in [5.41, 5.74) is 5.58. The van der Waals surface area contributed by atoms with Crippen LogP contribution in [-0.4, -0.2) is 54.5 Å². The van der Waals surface area contributed by atoms with E-state index in [0.717, 1.165) is 0 Å². The predicted molar refractivity (Wildman–Crippen MR) is 69.8 cm³/mol. The van der Waals surface area contributed by atoms with Crippen molar-refractivity contribution in [2.24, 2.45) is 5.73 Å². The molecule has 1 amide bonds. The van der Waals surface area contributed by atoms with Crippen molar-refractivity contribution in [2.75, 3.05) is 31.7 Å². The first-order valence-electron chi connectivity index (χ1n) is 5.63. The Balaban J connectivity index is 3.80. The zero-order chi connectivity index (χ0) is 14.0. The van der Waals surface area contributed by atoms with Crippen molar-refractivity contribution in [3.05, 3.63) is 0 Å². The van der Waals surface area contributed by atoms with Crippen molar-refractivity contribution in [3.63, 3.8) is 0 Å². The topological polar surface area (TPSA) is 96.4 Å². The number of rotatable bonds is 8. The third-order valence-corrected chi connectivity index (χ3v) is 3.14. The van der Waals surface area contributed by atoms with Gasteiger partial charge in [-0.1, -0.05) is 0 Å². The quantitative estimate of drug-likeness (QED) is 0.624. The molecule has 1 unspecified atom stereocenters. The van der Waals surface area contributed by atoms with E-state index in [0.29, 0.717) is 25.3 Å². The summed E-state index contributed by atoms with van der Waals surface area (Å²) in [6.45, 7) is 2.43. The van der Waals surface area contributed by atoms with Crippen LogP contribution in [0.4, 0.5) is 0 Å². The van der Waals surface area contributed by atoms with Gasteiger partial charge in [-0.15, -0.1) is 11.8 Å². The SMILES string of the molecule is CCOC(=O)C(N)CSCC(=O)N(C)CCC#N. The van der Waals surface area contributed by atoms with E-state index in [2.05, 4.69) is 0 Å². The summed E-state index contributed by atoms with van der Waals surface area (Å²) in [5, 5.41) is 8.40. The van der Waals surface area contributed by atoms with Gasteiger partial charge in [-0.2, -0.15) is 5.26 Å². The van der Waals surface area contributed by atoms with Gasteiger partial charge in [-0.05, 0) is 6.92 Å². The van der Waals surface area contributed by atoms with E-state index in [1.54, 1.807) is 14.0 Å². The summed E-state index contributed by atoms with van der Waals surface area (Å²) < 4.78 is 4.75. The molecule has 1 atom stereocenters. The highest BCUT2D eigenvalue weighted by Crippen LogP contribution is 2.05. The van der Waals surface area contributed by atoms with Crippen molar-refractivity contribution in [2.45, 2.75) is 19.4 Å². The van der Waals surface area contributed by atoms with Gasteiger partial charge in [0.25, 0.3) is 0 Å². The molecule has 0 aliphatic rings. The number of carbonyl (C=O) groups excluding carboxylic acids is 2. The van der Waals surface area contributed by atoms with Gasteiger partial charge >= 0.3 is 5.97 Å². The number of carbonyl (C=O) groups is 2. The highest BCUT2D eigenvalue weighted by Gasteiger charge is 2.16. The van der Waals surface area contributed by atoms with Gasteiger partial charge in [-0.25, -0.2) is 0 Å². The molecule has 0 aromatic heterocycles. The average Bonchev–Trinajstić information content (AvgIpc) is 2.35. The summed E-state index contributed by atoms with van der Waals surface area (Å²) in [6.07, 6.45) is 0.315. The molecular formula is C11H19N3O3S. The van der Waals surface area contributed by atoms with Crippen molar-refractivity contribution in [3.8, 4) is 6.07 Å². The molecule has 0 bridgehead atoms. The van der Waals surface area contributed by atoms with E-state index in [4.69, 9.17) is 15.7 Å². The van der Waals surface area contributed by atoms with Crippen LogP contribution in [0.3, 0.4) is 0 Å². The number of hydrogen-bond acceptors (Lipinski definition) is 6. The van der Waals surface area contributed by atoms with E-state index < -0.39 is 12.0 Å². The third-order valence-electron chi connectivity index (χ3n) is 2.10. The molecule has 0 aliphatic heterocycles. The molecule has 0 saturated carbocycles. The molecule has 7 heteroatoms. The lowest BCUT2D eigenvalue weighted by molar-refractivity contribution is -0.144. The van der Waals surface area contributed by atoms with Crippen LogP contribution in [0, 0.1) is 11.3 Å². The Morgan fingerprint density at radius 2 is 2.22 bits per heavy atom. The molecule has 0 rings (SSSR count). The first-order valence-corrected chi connectivity index (χ1v) is 6.79. The predicted octanol–water partition coefficient (Wildman–Crippen LogP) is -0.0179. The van der Waals surface area contributed by atoms with Crippen molar-refractivity contribution in [1.82, 2.24) is 4.90 Å². The molecule has 102 valence electrons. The Bertz CT molecular complexity index is 317. The van der Waals surface area contributed by atoms with Crippen LogP contribution in [0.2, 0.25) is 0 Å². The molecule has 0 radical (unpaired) electrons. The maximum atomic E-state index is 11.6. The van der Waals surface area contributed by atoms with Crippen molar-refractivity contribution < 1.29 is 14.3 Å². The van der Waals surface area contributed by atoms with E-state index in [1.165, 1.54) is 16.7 Å². The van der Waals surface area contributed by atoms with Crippen molar-refractivity contribution in [1.29, 1.82) is 5.26 Å². The molecule has 18 heavy (non-hydrogen) atoms. The molecule has 0 aromatic carbocycles. The van der Waals surface area contributed by atoms with Gasteiger partial charge < -0.3 is 15.4 Å². The highest BCUT2D eigenvalue weighted by atomic mass is 32.2. The second-order valence-corrected chi connectivity index (χ2v) is 4.63. The lowest BCUT2D eigenvalue weighted by Gasteiger charge is -2.15. The highest BCUT2D eigenvalue weighted by molar-refractivity contribution is 8.00. The minimum Gasteiger partial charge on any atom is -0.465 e. The van der Waals surface area contributed by atoms with Crippen LogP contribution >= 0.6 is 11.8 Å². The lowest BCUT2D eigenvalue weighted by Crippen LogP contribution is -2.35. The van der Waals surface area contributed by atoms with E-state index in [9.17, 15) is 9.59 Å². The van der Waals surface area contributed by atoms with Crippen LogP contribution in [0.15, 0.2) is 0 Å². The fraction of sp³-hybridized carbons (Fsp3) is 0.727. The monoisotopic (exact) mass is 273 g/mol. The number of nitrogens with zero attached hydrogens (tertiary/aromatic N) is 2. The van der Waals surface area contributed by atoms with Gasteiger partial charge in [0.1, 0.15) is 6.04 Å². The fourth-order valence-corrected chi connectivity index (χ4v) is 1.95.